The molecule has 0 aromatic rings. The van der Waals surface area contributed by atoms with E-state index in [2.05, 4.69) is 52.2 Å². The third kappa shape index (κ3) is 4.76. The van der Waals surface area contributed by atoms with Crippen molar-refractivity contribution in [1.29, 1.82) is 0 Å². The van der Waals surface area contributed by atoms with Gasteiger partial charge in [0.05, 0.1) is 17.6 Å². The molecule has 0 saturated heterocycles. The lowest BCUT2D eigenvalue weighted by molar-refractivity contribution is -0.0274. The van der Waals surface area contributed by atoms with Gasteiger partial charge in [0.1, 0.15) is 6.10 Å². The molecule has 130 valence electrons. The highest BCUT2D eigenvalue weighted by Gasteiger charge is 2.44. The Balaban J connectivity index is 0.00000155. The van der Waals surface area contributed by atoms with Crippen molar-refractivity contribution in [2.45, 2.75) is 72.3 Å². The smallest absolute Gasteiger partial charge is 0.105 e. The van der Waals surface area contributed by atoms with Crippen LogP contribution in [0.1, 0.15) is 67.6 Å². The Morgan fingerprint density at radius 3 is 2.64 bits per heavy atom. The first-order valence-electron chi connectivity index (χ1n) is 8.74. The van der Waals surface area contributed by atoms with Crippen LogP contribution in [0, 0.1) is 23.7 Å². The van der Waals surface area contributed by atoms with Crippen LogP contribution in [0.4, 0.5) is 0 Å². The van der Waals surface area contributed by atoms with Crippen LogP contribution in [0.15, 0.2) is 24.0 Å². The van der Waals surface area contributed by atoms with Crippen molar-refractivity contribution in [2.75, 3.05) is 0 Å². The summed E-state index contributed by atoms with van der Waals surface area (Å²) in [5, 5.41) is 0. The number of hydrogen-bond acceptors (Lipinski definition) is 2. The highest BCUT2D eigenvalue weighted by molar-refractivity contribution is 6.04. The molecule has 0 amide bonds. The topological polar surface area (TPSA) is 29.5 Å². The Bertz CT molecular complexity index is 384. The predicted molar refractivity (Wildman–Crippen MR) is 96.6 cm³/mol. The molecule has 2 saturated carbocycles. The summed E-state index contributed by atoms with van der Waals surface area (Å²) in [6.45, 7) is 13.4. The predicted octanol–water partition coefficient (Wildman–Crippen LogP) is 6.10. The molecule has 0 aromatic carbocycles. The Hall–Kier alpha value is -0.470. The Kier molecular flexibility index (Phi) is 8.56. The third-order valence-electron chi connectivity index (χ3n) is 5.47. The Labute approximate surface area is 143 Å². The normalized spacial score (nSPS) is 35.3. The van der Waals surface area contributed by atoms with Gasteiger partial charge >= 0.3 is 0 Å². The molecule has 3 unspecified atom stereocenters. The molecule has 2 aliphatic carbocycles. The molecule has 22 heavy (non-hydrogen) atoms. The van der Waals surface area contributed by atoms with Crippen molar-refractivity contribution in [2.24, 2.45) is 23.7 Å². The van der Waals surface area contributed by atoms with E-state index in [0.29, 0.717) is 6.10 Å². The lowest BCUT2D eigenvalue weighted by Gasteiger charge is -2.48. The van der Waals surface area contributed by atoms with Gasteiger partial charge in [0.15, 0.2) is 0 Å². The fourth-order valence-electron chi connectivity index (χ4n) is 4.53. The first-order valence-corrected chi connectivity index (χ1v) is 9.08. The zero-order valence-electron chi connectivity index (χ0n) is 14.6. The molecule has 1 N–H and O–H groups in total. The van der Waals surface area contributed by atoms with Crippen molar-refractivity contribution in [3.8, 4) is 0 Å². The molecule has 0 radical (unpaired) electrons. The second-order valence-corrected chi connectivity index (χ2v) is 7.00. The zero-order chi connectivity index (χ0) is 16.7. The summed E-state index contributed by atoms with van der Waals surface area (Å²) in [5.41, 5.74) is 1.44. The largest absolute Gasteiger partial charge is 0.495 e. The summed E-state index contributed by atoms with van der Waals surface area (Å²) >= 11 is 3.64. The molecule has 2 fully saturated rings. The van der Waals surface area contributed by atoms with Crippen molar-refractivity contribution < 1.29 is 10.8 Å². The average molecular weight is 331 g/mol. The minimum Gasteiger partial charge on any atom is -0.495 e. The molecular weight excluding hydrogens is 296 g/mol. The van der Waals surface area contributed by atoms with E-state index in [1.165, 1.54) is 31.3 Å². The SMILES string of the molecule is C=C1CC(O/C(C)=C\CC)C2C[C@H](C)CCC2[C@H]1CC.OCl.[HH]. The molecule has 0 spiro atoms. The zero-order valence-corrected chi connectivity index (χ0v) is 15.4. The van der Waals surface area contributed by atoms with E-state index in [1.807, 2.05) is 0 Å². The summed E-state index contributed by atoms with van der Waals surface area (Å²) in [4.78, 5) is 0. The lowest BCUT2D eigenvalue weighted by Crippen LogP contribution is -2.43. The number of hydrogen-bond donors (Lipinski definition) is 1. The summed E-state index contributed by atoms with van der Waals surface area (Å²) in [5.74, 6) is 4.27. The van der Waals surface area contributed by atoms with E-state index in [9.17, 15) is 0 Å². The second kappa shape index (κ2) is 9.62. The van der Waals surface area contributed by atoms with Crippen molar-refractivity contribution in [3.05, 3.63) is 24.0 Å². The Morgan fingerprint density at radius 1 is 1.36 bits per heavy atom. The summed E-state index contributed by atoms with van der Waals surface area (Å²) in [7, 11) is 0. The number of ether oxygens (including phenoxy) is 1. The molecule has 0 aliphatic heterocycles. The monoisotopic (exact) mass is 330 g/mol. The maximum Gasteiger partial charge on any atom is 0.105 e. The fraction of sp³-hybridized carbons (Fsp3) is 0.789. The molecule has 5 atom stereocenters. The van der Waals surface area contributed by atoms with E-state index < -0.39 is 0 Å². The summed E-state index contributed by atoms with van der Waals surface area (Å²) < 4.78 is 12.8. The molecule has 2 nitrogen and oxygen atoms in total. The van der Waals surface area contributed by atoms with Crippen LogP contribution in [0.2, 0.25) is 0 Å². The van der Waals surface area contributed by atoms with E-state index >= 15 is 0 Å². The Morgan fingerprint density at radius 2 is 2.05 bits per heavy atom. The van der Waals surface area contributed by atoms with E-state index in [0.717, 1.165) is 42.3 Å². The van der Waals surface area contributed by atoms with Crippen LogP contribution < -0.4 is 0 Å². The van der Waals surface area contributed by atoms with Gasteiger partial charge in [-0.25, -0.2) is 0 Å². The number of fused-ring (bicyclic) bond motifs is 1. The van der Waals surface area contributed by atoms with Crippen molar-refractivity contribution in [3.63, 3.8) is 0 Å². The molecule has 0 heterocycles. The van der Waals surface area contributed by atoms with E-state index in [1.54, 1.807) is 0 Å². The standard InChI is InChI=1S/C19H32O.ClHO.H2/c1-6-8-15(5)20-19-12-14(4)16(7-2)17-10-9-13(3)11-18(17)19;1-2;/h8,13,16-19H,4,6-7,9-12H2,1-3,5H3;2H;1H/b15-8-;;/t13-,16+,17?,18?,19?;;/m1../s1. The lowest BCUT2D eigenvalue weighted by atomic mass is 9.60. The van der Waals surface area contributed by atoms with Crippen LogP contribution in [-0.2, 0) is 4.74 Å². The van der Waals surface area contributed by atoms with Crippen LogP contribution in [0.25, 0.3) is 0 Å². The number of rotatable bonds is 4. The average Bonchev–Trinajstić information content (AvgIpc) is 2.50. The maximum atomic E-state index is 6.47. The molecule has 2 aliphatic rings. The van der Waals surface area contributed by atoms with Crippen molar-refractivity contribution >= 4 is 11.9 Å². The van der Waals surface area contributed by atoms with Crippen LogP contribution >= 0.6 is 11.9 Å². The van der Waals surface area contributed by atoms with Gasteiger partial charge in [-0.15, -0.1) is 0 Å². The van der Waals surface area contributed by atoms with Gasteiger partial charge in [0.25, 0.3) is 0 Å². The maximum absolute atomic E-state index is 6.47. The summed E-state index contributed by atoms with van der Waals surface area (Å²) in [6.07, 6.45) is 10.1. The minimum absolute atomic E-state index is 0. The fourth-order valence-corrected chi connectivity index (χ4v) is 4.53. The van der Waals surface area contributed by atoms with Gasteiger partial charge in [-0.2, -0.15) is 0 Å². The van der Waals surface area contributed by atoms with Crippen LogP contribution in [0.5, 0.6) is 0 Å². The third-order valence-corrected chi connectivity index (χ3v) is 5.47. The minimum atomic E-state index is 0. The first-order chi connectivity index (χ1) is 10.6. The van der Waals surface area contributed by atoms with Gasteiger partial charge < -0.3 is 4.74 Å². The highest BCUT2D eigenvalue weighted by atomic mass is 35.5. The molecule has 2 rings (SSSR count). The van der Waals surface area contributed by atoms with Gasteiger partial charge in [-0.3, -0.25) is 4.66 Å². The van der Waals surface area contributed by atoms with E-state index in [-0.39, 0.29) is 1.43 Å². The van der Waals surface area contributed by atoms with Gasteiger partial charge in [0, 0.05) is 7.85 Å². The molecule has 0 bridgehead atoms. The molecule has 3 heteroatoms. The van der Waals surface area contributed by atoms with Gasteiger partial charge in [0.2, 0.25) is 0 Å². The number of halogens is 1. The highest BCUT2D eigenvalue weighted by Crippen LogP contribution is 2.49. The molecular formula is C19H35ClO2. The summed E-state index contributed by atoms with van der Waals surface area (Å²) in [6, 6.07) is 0. The van der Waals surface area contributed by atoms with Crippen LogP contribution in [-0.4, -0.2) is 10.8 Å². The van der Waals surface area contributed by atoms with Crippen molar-refractivity contribution in [1.82, 2.24) is 0 Å². The van der Waals surface area contributed by atoms with Gasteiger partial charge in [-0.1, -0.05) is 39.3 Å². The first kappa shape index (κ1) is 19.6. The quantitative estimate of drug-likeness (QED) is 0.498. The second-order valence-electron chi connectivity index (χ2n) is 7.00. The van der Waals surface area contributed by atoms with E-state index in [4.69, 9.17) is 9.40 Å². The molecule has 0 aromatic heterocycles. The number of allylic oxidation sites excluding steroid dienone is 2. The van der Waals surface area contributed by atoms with Crippen LogP contribution in [0.3, 0.4) is 0 Å². The van der Waals surface area contributed by atoms with Gasteiger partial charge in [-0.05, 0) is 62.4 Å².